The van der Waals surface area contributed by atoms with Crippen LogP contribution in [0.5, 0.6) is 0 Å². The van der Waals surface area contributed by atoms with Gasteiger partial charge in [-0.25, -0.2) is 0 Å². The number of rotatable bonds is 6. The first-order valence-corrected chi connectivity index (χ1v) is 6.00. The number of nitrogens with two attached hydrogens (primary N) is 1. The van der Waals surface area contributed by atoms with Crippen molar-refractivity contribution in [1.82, 2.24) is 20.0 Å². The second kappa shape index (κ2) is 6.23. The Bertz CT molecular complexity index is 470. The molecule has 0 aliphatic rings. The highest BCUT2D eigenvalue weighted by atomic mass is 16.5. The van der Waals surface area contributed by atoms with E-state index >= 15 is 0 Å². The van der Waals surface area contributed by atoms with Gasteiger partial charge in [-0.2, -0.15) is 4.98 Å². The van der Waals surface area contributed by atoms with Crippen LogP contribution in [0.4, 0.5) is 0 Å². The molecule has 0 spiro atoms. The van der Waals surface area contributed by atoms with Crippen LogP contribution in [0, 0.1) is 0 Å². The van der Waals surface area contributed by atoms with E-state index in [1.807, 2.05) is 18.2 Å². The van der Waals surface area contributed by atoms with Gasteiger partial charge in [-0.1, -0.05) is 18.1 Å². The molecule has 2 heterocycles. The molecule has 0 aliphatic heterocycles. The maximum atomic E-state index is 5.54. The van der Waals surface area contributed by atoms with Crippen molar-refractivity contribution in [1.29, 1.82) is 0 Å². The topological polar surface area (TPSA) is 81.1 Å². The summed E-state index contributed by atoms with van der Waals surface area (Å²) < 4.78 is 5.21. The summed E-state index contributed by atoms with van der Waals surface area (Å²) in [6, 6.07) is 5.60. The largest absolute Gasteiger partial charge is 0.337 e. The predicted octanol–water partition coefficient (Wildman–Crippen LogP) is 0.912. The van der Waals surface area contributed by atoms with E-state index in [4.69, 9.17) is 10.3 Å². The lowest BCUT2D eigenvalue weighted by Crippen LogP contribution is -2.28. The van der Waals surface area contributed by atoms with Crippen molar-refractivity contribution < 1.29 is 4.52 Å². The second-order valence-electron chi connectivity index (χ2n) is 3.88. The van der Waals surface area contributed by atoms with Gasteiger partial charge in [-0.05, 0) is 18.7 Å². The zero-order valence-electron chi connectivity index (χ0n) is 10.4. The van der Waals surface area contributed by atoms with Gasteiger partial charge in [0.25, 0.3) is 0 Å². The van der Waals surface area contributed by atoms with Crippen LogP contribution in [-0.2, 0) is 6.54 Å². The monoisotopic (exact) mass is 247 g/mol. The molecule has 0 radical (unpaired) electrons. The molecule has 6 nitrogen and oxygen atoms in total. The number of hydrogen-bond donors (Lipinski definition) is 1. The zero-order valence-corrected chi connectivity index (χ0v) is 10.4. The number of likely N-dealkylation sites (N-methyl/N-ethyl adjacent to an activating group) is 1. The molecule has 0 atom stereocenters. The standard InChI is InChI=1S/C12H17N5O/c1-2-17(8-6-13)9-11-15-12(16-18-11)10-5-3-4-7-14-10/h3-5,7H,2,6,8-9,13H2,1H3. The normalized spacial score (nSPS) is 11.1. The zero-order chi connectivity index (χ0) is 12.8. The first kappa shape index (κ1) is 12.7. The maximum Gasteiger partial charge on any atom is 0.241 e. The van der Waals surface area contributed by atoms with Crippen molar-refractivity contribution in [3.8, 4) is 11.5 Å². The predicted molar refractivity (Wildman–Crippen MR) is 67.5 cm³/mol. The van der Waals surface area contributed by atoms with Crippen LogP contribution in [0.2, 0.25) is 0 Å². The lowest BCUT2D eigenvalue weighted by molar-refractivity contribution is 0.241. The highest BCUT2D eigenvalue weighted by Crippen LogP contribution is 2.12. The molecule has 0 fully saturated rings. The quantitative estimate of drug-likeness (QED) is 0.817. The van der Waals surface area contributed by atoms with E-state index in [1.54, 1.807) is 6.20 Å². The number of pyridine rings is 1. The van der Waals surface area contributed by atoms with Crippen molar-refractivity contribution in [2.75, 3.05) is 19.6 Å². The molecule has 2 rings (SSSR count). The van der Waals surface area contributed by atoms with Crippen LogP contribution in [0.25, 0.3) is 11.5 Å². The third-order valence-electron chi connectivity index (χ3n) is 2.61. The fourth-order valence-electron chi connectivity index (χ4n) is 1.64. The van der Waals surface area contributed by atoms with Crippen molar-refractivity contribution in [3.05, 3.63) is 30.3 Å². The number of hydrogen-bond acceptors (Lipinski definition) is 6. The second-order valence-corrected chi connectivity index (χ2v) is 3.88. The molecule has 0 saturated heterocycles. The molecule has 0 aliphatic carbocycles. The van der Waals surface area contributed by atoms with Gasteiger partial charge >= 0.3 is 0 Å². The lowest BCUT2D eigenvalue weighted by Gasteiger charge is -2.16. The molecule has 0 bridgehead atoms. The van der Waals surface area contributed by atoms with Gasteiger partial charge in [0.05, 0.1) is 6.54 Å². The molecule has 0 aromatic carbocycles. The summed E-state index contributed by atoms with van der Waals surface area (Å²) in [4.78, 5) is 10.7. The van der Waals surface area contributed by atoms with Gasteiger partial charge < -0.3 is 10.3 Å². The maximum absolute atomic E-state index is 5.54. The Labute approximate surface area is 106 Å². The summed E-state index contributed by atoms with van der Waals surface area (Å²) >= 11 is 0. The molecule has 2 aromatic heterocycles. The third-order valence-corrected chi connectivity index (χ3v) is 2.61. The minimum absolute atomic E-state index is 0.523. The average Bonchev–Trinajstić information content (AvgIpc) is 2.88. The van der Waals surface area contributed by atoms with Gasteiger partial charge in [0.1, 0.15) is 5.69 Å². The summed E-state index contributed by atoms with van der Waals surface area (Å²) in [7, 11) is 0. The van der Waals surface area contributed by atoms with Crippen LogP contribution < -0.4 is 5.73 Å². The Hall–Kier alpha value is -1.79. The van der Waals surface area contributed by atoms with E-state index in [9.17, 15) is 0 Å². The summed E-state index contributed by atoms with van der Waals surface area (Å²) in [5.41, 5.74) is 6.25. The van der Waals surface area contributed by atoms with Crippen LogP contribution in [0.3, 0.4) is 0 Å². The molecule has 0 amide bonds. The lowest BCUT2D eigenvalue weighted by atomic mass is 10.3. The molecule has 6 heteroatoms. The van der Waals surface area contributed by atoms with Crippen LogP contribution >= 0.6 is 0 Å². The van der Waals surface area contributed by atoms with Crippen molar-refractivity contribution in [3.63, 3.8) is 0 Å². The molecule has 96 valence electrons. The van der Waals surface area contributed by atoms with Crippen molar-refractivity contribution in [2.45, 2.75) is 13.5 Å². The molecule has 2 N–H and O–H groups in total. The van der Waals surface area contributed by atoms with E-state index < -0.39 is 0 Å². The van der Waals surface area contributed by atoms with Crippen molar-refractivity contribution >= 4 is 0 Å². The van der Waals surface area contributed by atoms with Crippen molar-refractivity contribution in [2.24, 2.45) is 5.73 Å². The Morgan fingerprint density at radius 1 is 1.39 bits per heavy atom. The van der Waals surface area contributed by atoms with Crippen LogP contribution in [0.1, 0.15) is 12.8 Å². The van der Waals surface area contributed by atoms with E-state index in [0.717, 1.165) is 18.8 Å². The molecule has 0 unspecified atom stereocenters. The Morgan fingerprint density at radius 2 is 2.28 bits per heavy atom. The van der Waals surface area contributed by atoms with Gasteiger partial charge in [0, 0.05) is 19.3 Å². The summed E-state index contributed by atoms with van der Waals surface area (Å²) in [6.45, 7) is 5.03. The van der Waals surface area contributed by atoms with Gasteiger partial charge in [-0.3, -0.25) is 9.88 Å². The average molecular weight is 247 g/mol. The molecular formula is C12H17N5O. The smallest absolute Gasteiger partial charge is 0.241 e. The number of nitrogens with zero attached hydrogens (tertiary/aromatic N) is 4. The Morgan fingerprint density at radius 3 is 2.94 bits per heavy atom. The van der Waals surface area contributed by atoms with E-state index in [0.29, 0.717) is 24.8 Å². The summed E-state index contributed by atoms with van der Waals surface area (Å²) in [6.07, 6.45) is 1.71. The number of aromatic nitrogens is 3. The van der Waals surface area contributed by atoms with Crippen LogP contribution in [0.15, 0.2) is 28.9 Å². The van der Waals surface area contributed by atoms with Gasteiger partial charge in [-0.15, -0.1) is 0 Å². The minimum Gasteiger partial charge on any atom is -0.337 e. The molecular weight excluding hydrogens is 230 g/mol. The third kappa shape index (κ3) is 3.12. The molecule has 18 heavy (non-hydrogen) atoms. The summed E-state index contributed by atoms with van der Waals surface area (Å²) in [5, 5.41) is 3.93. The van der Waals surface area contributed by atoms with Crippen LogP contribution in [-0.4, -0.2) is 39.7 Å². The fraction of sp³-hybridized carbons (Fsp3) is 0.417. The minimum atomic E-state index is 0.523. The molecule has 2 aromatic rings. The SMILES string of the molecule is CCN(CCN)Cc1nc(-c2ccccn2)no1. The highest BCUT2D eigenvalue weighted by Gasteiger charge is 2.11. The van der Waals surface area contributed by atoms with Gasteiger partial charge in [0.15, 0.2) is 0 Å². The first-order chi connectivity index (χ1) is 8.83. The van der Waals surface area contributed by atoms with E-state index in [2.05, 4.69) is 26.9 Å². The Kier molecular flexibility index (Phi) is 4.38. The fourth-order valence-corrected chi connectivity index (χ4v) is 1.64. The first-order valence-electron chi connectivity index (χ1n) is 6.00. The van der Waals surface area contributed by atoms with E-state index in [1.165, 1.54) is 0 Å². The van der Waals surface area contributed by atoms with E-state index in [-0.39, 0.29) is 0 Å². The molecule has 0 saturated carbocycles. The summed E-state index contributed by atoms with van der Waals surface area (Å²) in [5.74, 6) is 1.11. The Balaban J connectivity index is 2.06. The highest BCUT2D eigenvalue weighted by molar-refractivity contribution is 5.46. The van der Waals surface area contributed by atoms with Gasteiger partial charge in [0.2, 0.25) is 11.7 Å².